The Labute approximate surface area is 169 Å². The zero-order valence-corrected chi connectivity index (χ0v) is 17.5. The summed E-state index contributed by atoms with van der Waals surface area (Å²) in [6.07, 6.45) is 15.2. The van der Waals surface area contributed by atoms with Crippen molar-refractivity contribution in [3.8, 4) is 0 Å². The van der Waals surface area contributed by atoms with E-state index in [1.54, 1.807) is 6.07 Å². The van der Waals surface area contributed by atoms with Gasteiger partial charge in [-0.15, -0.1) is 6.58 Å². The average molecular weight is 387 g/mol. The number of hydrogen-bond acceptors (Lipinski definition) is 0. The molecule has 0 amide bonds. The minimum absolute atomic E-state index is 0.0835. The second-order valence-corrected chi connectivity index (χ2v) is 9.82. The van der Waals surface area contributed by atoms with Crippen molar-refractivity contribution in [2.45, 2.75) is 89.9 Å². The van der Waals surface area contributed by atoms with Gasteiger partial charge in [0.25, 0.3) is 0 Å². The zero-order chi connectivity index (χ0) is 19.7. The van der Waals surface area contributed by atoms with Crippen molar-refractivity contribution in [1.82, 2.24) is 0 Å². The Morgan fingerprint density at radius 3 is 2.61 bits per heavy atom. The first-order chi connectivity index (χ1) is 13.6. The molecular formula is C26H36F2. The molecule has 2 heteroatoms. The Bertz CT molecular complexity index is 707. The van der Waals surface area contributed by atoms with Crippen molar-refractivity contribution in [1.29, 1.82) is 0 Å². The smallest absolute Gasteiger partial charge is 0.133 e. The molecule has 1 aromatic carbocycles. The van der Waals surface area contributed by atoms with Gasteiger partial charge in [0, 0.05) is 5.56 Å². The largest absolute Gasteiger partial charge is 0.207 e. The fourth-order valence-electron chi connectivity index (χ4n) is 6.53. The van der Waals surface area contributed by atoms with Crippen LogP contribution in [0.25, 0.3) is 0 Å². The third-order valence-electron chi connectivity index (χ3n) is 8.24. The van der Waals surface area contributed by atoms with Crippen LogP contribution in [0.5, 0.6) is 0 Å². The maximum absolute atomic E-state index is 15.4. The van der Waals surface area contributed by atoms with Gasteiger partial charge >= 0.3 is 0 Å². The molecule has 1 aromatic rings. The molecule has 5 unspecified atom stereocenters. The molecule has 0 aromatic heterocycles. The van der Waals surface area contributed by atoms with Crippen LogP contribution in [-0.4, -0.2) is 0 Å². The van der Waals surface area contributed by atoms with Crippen LogP contribution in [0.4, 0.5) is 8.78 Å². The summed E-state index contributed by atoms with van der Waals surface area (Å²) in [6, 6.07) is 1.69. The lowest BCUT2D eigenvalue weighted by Gasteiger charge is -2.42. The molecule has 28 heavy (non-hydrogen) atoms. The van der Waals surface area contributed by atoms with E-state index in [-0.39, 0.29) is 17.6 Å². The standard InChI is InChI=1S/C26H36F2/c1-3-5-6-18-7-9-20-15-21(11-10-19(20)14-18)25-24(27)16-22-13-17(4-2)8-12-23(22)26(25)28/h3,16-21H,1,4-15H2,2H3. The van der Waals surface area contributed by atoms with E-state index in [1.807, 2.05) is 6.08 Å². The van der Waals surface area contributed by atoms with Crippen LogP contribution < -0.4 is 0 Å². The van der Waals surface area contributed by atoms with Crippen LogP contribution >= 0.6 is 0 Å². The summed E-state index contributed by atoms with van der Waals surface area (Å²) >= 11 is 0. The second-order valence-electron chi connectivity index (χ2n) is 9.82. The van der Waals surface area contributed by atoms with Crippen LogP contribution in [0.3, 0.4) is 0 Å². The second kappa shape index (κ2) is 8.67. The maximum atomic E-state index is 15.4. The Hall–Kier alpha value is -1.18. The first-order valence-corrected chi connectivity index (χ1v) is 11.7. The summed E-state index contributed by atoms with van der Waals surface area (Å²) in [4.78, 5) is 0. The molecule has 0 aliphatic heterocycles. The number of hydrogen-bond donors (Lipinski definition) is 0. The number of rotatable bonds is 5. The molecule has 2 saturated carbocycles. The predicted octanol–water partition coefficient (Wildman–Crippen LogP) is 7.75. The number of halogens is 2. The molecule has 154 valence electrons. The Morgan fingerprint density at radius 2 is 1.82 bits per heavy atom. The summed E-state index contributed by atoms with van der Waals surface area (Å²) in [5, 5.41) is 0. The number of benzene rings is 1. The fourth-order valence-corrected chi connectivity index (χ4v) is 6.53. The molecular weight excluding hydrogens is 350 g/mol. The summed E-state index contributed by atoms with van der Waals surface area (Å²) < 4.78 is 30.4. The minimum Gasteiger partial charge on any atom is -0.207 e. The van der Waals surface area contributed by atoms with Gasteiger partial charge in [0.05, 0.1) is 0 Å². The summed E-state index contributed by atoms with van der Waals surface area (Å²) in [5.41, 5.74) is 2.20. The zero-order valence-electron chi connectivity index (χ0n) is 17.5. The van der Waals surface area contributed by atoms with E-state index < -0.39 is 0 Å². The van der Waals surface area contributed by atoms with Gasteiger partial charge < -0.3 is 0 Å². The molecule has 5 atom stereocenters. The van der Waals surface area contributed by atoms with E-state index >= 15 is 8.78 Å². The number of allylic oxidation sites excluding steroid dienone is 1. The van der Waals surface area contributed by atoms with E-state index in [0.29, 0.717) is 17.4 Å². The highest BCUT2D eigenvalue weighted by molar-refractivity contribution is 5.39. The lowest BCUT2D eigenvalue weighted by molar-refractivity contribution is 0.113. The third kappa shape index (κ3) is 3.94. The van der Waals surface area contributed by atoms with Crippen LogP contribution in [0.2, 0.25) is 0 Å². The van der Waals surface area contributed by atoms with Gasteiger partial charge in [0.1, 0.15) is 11.6 Å². The average Bonchev–Trinajstić information content (AvgIpc) is 2.71. The first-order valence-electron chi connectivity index (χ1n) is 11.7. The summed E-state index contributed by atoms with van der Waals surface area (Å²) in [6.45, 7) is 6.04. The lowest BCUT2D eigenvalue weighted by atomic mass is 9.63. The van der Waals surface area contributed by atoms with Crippen molar-refractivity contribution in [3.63, 3.8) is 0 Å². The molecule has 2 fully saturated rings. The van der Waals surface area contributed by atoms with Crippen LogP contribution in [-0.2, 0) is 12.8 Å². The highest BCUT2D eigenvalue weighted by Gasteiger charge is 2.38. The molecule has 4 rings (SSSR count). The van der Waals surface area contributed by atoms with Crippen molar-refractivity contribution in [2.75, 3.05) is 0 Å². The summed E-state index contributed by atoms with van der Waals surface area (Å²) in [7, 11) is 0. The number of fused-ring (bicyclic) bond motifs is 2. The molecule has 0 N–H and O–H groups in total. The molecule has 0 spiro atoms. The highest BCUT2D eigenvalue weighted by Crippen LogP contribution is 2.49. The van der Waals surface area contributed by atoms with E-state index in [4.69, 9.17) is 0 Å². The van der Waals surface area contributed by atoms with Gasteiger partial charge in [0.15, 0.2) is 0 Å². The van der Waals surface area contributed by atoms with Gasteiger partial charge in [-0.2, -0.15) is 0 Å². The van der Waals surface area contributed by atoms with E-state index in [2.05, 4.69) is 13.5 Å². The van der Waals surface area contributed by atoms with Gasteiger partial charge in [-0.25, -0.2) is 8.78 Å². The predicted molar refractivity (Wildman–Crippen MR) is 113 cm³/mol. The topological polar surface area (TPSA) is 0 Å². The van der Waals surface area contributed by atoms with Crippen molar-refractivity contribution in [2.24, 2.45) is 23.7 Å². The molecule has 3 aliphatic carbocycles. The van der Waals surface area contributed by atoms with Crippen LogP contribution in [0.15, 0.2) is 18.7 Å². The van der Waals surface area contributed by atoms with Crippen LogP contribution in [0, 0.1) is 35.3 Å². The van der Waals surface area contributed by atoms with Crippen LogP contribution in [0.1, 0.15) is 93.7 Å². The van der Waals surface area contributed by atoms with Crippen molar-refractivity contribution < 1.29 is 8.78 Å². The van der Waals surface area contributed by atoms with Gasteiger partial charge in [-0.3, -0.25) is 0 Å². The van der Waals surface area contributed by atoms with E-state index in [1.165, 1.54) is 25.7 Å². The Morgan fingerprint density at radius 1 is 1.04 bits per heavy atom. The minimum atomic E-state index is -0.267. The first kappa shape index (κ1) is 20.1. The summed E-state index contributed by atoms with van der Waals surface area (Å²) in [5.74, 6) is 2.49. The molecule has 0 radical (unpaired) electrons. The monoisotopic (exact) mass is 386 g/mol. The Kier molecular flexibility index (Phi) is 6.23. The van der Waals surface area contributed by atoms with Gasteiger partial charge in [-0.1, -0.05) is 25.8 Å². The normalized spacial score (nSPS) is 32.5. The van der Waals surface area contributed by atoms with Crippen molar-refractivity contribution >= 4 is 0 Å². The Balaban J connectivity index is 1.48. The maximum Gasteiger partial charge on any atom is 0.133 e. The van der Waals surface area contributed by atoms with Crippen molar-refractivity contribution in [3.05, 3.63) is 47.0 Å². The molecule has 0 heterocycles. The molecule has 0 nitrogen and oxygen atoms in total. The fraction of sp³-hybridized carbons (Fsp3) is 0.692. The van der Waals surface area contributed by atoms with E-state index in [0.717, 1.165) is 74.3 Å². The third-order valence-corrected chi connectivity index (χ3v) is 8.24. The quantitative estimate of drug-likeness (QED) is 0.454. The van der Waals surface area contributed by atoms with E-state index in [9.17, 15) is 0 Å². The molecule has 0 bridgehead atoms. The molecule has 0 saturated heterocycles. The lowest BCUT2D eigenvalue weighted by Crippen LogP contribution is -2.31. The van der Waals surface area contributed by atoms with Gasteiger partial charge in [0.2, 0.25) is 0 Å². The highest BCUT2D eigenvalue weighted by atomic mass is 19.1. The SMILES string of the molecule is C=CCCC1CCC2CC(c3c(F)cc4c(c3F)CCC(CC)C4)CCC2C1. The molecule has 3 aliphatic rings. The van der Waals surface area contributed by atoms with Gasteiger partial charge in [-0.05, 0) is 111 Å².